The van der Waals surface area contributed by atoms with Crippen LogP contribution in [0.15, 0.2) is 40.9 Å². The standard InChI is InChI=1S/C16H14BrNO3/c1-20-15-6-13(9-19)14(17)7-16(15)21-10-12-5-3-2-4-11(12)8-18/h2-7,19H,9-10H2,1H3. The van der Waals surface area contributed by atoms with E-state index in [4.69, 9.17) is 14.7 Å². The van der Waals surface area contributed by atoms with E-state index in [9.17, 15) is 5.11 Å². The minimum Gasteiger partial charge on any atom is -0.493 e. The third kappa shape index (κ3) is 3.54. The molecule has 0 fully saturated rings. The fourth-order valence-electron chi connectivity index (χ4n) is 1.88. The Morgan fingerprint density at radius 2 is 1.95 bits per heavy atom. The van der Waals surface area contributed by atoms with Gasteiger partial charge in [0.1, 0.15) is 6.61 Å². The normalized spacial score (nSPS) is 10.0. The summed E-state index contributed by atoms with van der Waals surface area (Å²) >= 11 is 3.38. The Kier molecular flexibility index (Phi) is 5.20. The number of nitriles is 1. The van der Waals surface area contributed by atoms with Gasteiger partial charge in [-0.05, 0) is 23.8 Å². The highest BCUT2D eigenvalue weighted by atomic mass is 79.9. The second-order valence-corrected chi connectivity index (χ2v) is 5.16. The molecule has 4 nitrogen and oxygen atoms in total. The molecule has 0 aliphatic rings. The summed E-state index contributed by atoms with van der Waals surface area (Å²) in [5.41, 5.74) is 2.11. The van der Waals surface area contributed by atoms with Crippen LogP contribution in [0.3, 0.4) is 0 Å². The van der Waals surface area contributed by atoms with Crippen molar-refractivity contribution in [2.45, 2.75) is 13.2 Å². The van der Waals surface area contributed by atoms with Crippen molar-refractivity contribution in [2.24, 2.45) is 0 Å². The molecule has 0 bridgehead atoms. The van der Waals surface area contributed by atoms with Crippen LogP contribution in [0.1, 0.15) is 16.7 Å². The van der Waals surface area contributed by atoms with E-state index in [-0.39, 0.29) is 13.2 Å². The van der Waals surface area contributed by atoms with Gasteiger partial charge in [-0.15, -0.1) is 0 Å². The van der Waals surface area contributed by atoms with Crippen molar-refractivity contribution in [1.29, 1.82) is 5.26 Å². The lowest BCUT2D eigenvalue weighted by Gasteiger charge is -2.13. The molecule has 0 spiro atoms. The van der Waals surface area contributed by atoms with Crippen LogP contribution in [0.5, 0.6) is 11.5 Å². The maximum absolute atomic E-state index is 9.24. The fourth-order valence-corrected chi connectivity index (χ4v) is 2.33. The second kappa shape index (κ2) is 7.11. The van der Waals surface area contributed by atoms with Crippen molar-refractivity contribution < 1.29 is 14.6 Å². The molecule has 108 valence electrons. The summed E-state index contributed by atoms with van der Waals surface area (Å²) in [5, 5.41) is 18.3. The van der Waals surface area contributed by atoms with Gasteiger partial charge in [0.05, 0.1) is 25.3 Å². The number of methoxy groups -OCH3 is 1. The van der Waals surface area contributed by atoms with Gasteiger partial charge in [0.15, 0.2) is 11.5 Å². The van der Waals surface area contributed by atoms with Crippen LogP contribution in [0.25, 0.3) is 0 Å². The molecule has 0 saturated carbocycles. The molecule has 0 heterocycles. The fraction of sp³-hybridized carbons (Fsp3) is 0.188. The van der Waals surface area contributed by atoms with Crippen molar-refractivity contribution in [3.8, 4) is 17.6 Å². The monoisotopic (exact) mass is 347 g/mol. The van der Waals surface area contributed by atoms with E-state index in [0.29, 0.717) is 17.1 Å². The highest BCUT2D eigenvalue weighted by Crippen LogP contribution is 2.34. The summed E-state index contributed by atoms with van der Waals surface area (Å²) < 4.78 is 11.8. The zero-order chi connectivity index (χ0) is 15.2. The summed E-state index contributed by atoms with van der Waals surface area (Å²) in [5.74, 6) is 1.09. The number of halogens is 1. The summed E-state index contributed by atoms with van der Waals surface area (Å²) in [4.78, 5) is 0. The lowest BCUT2D eigenvalue weighted by atomic mass is 10.1. The number of nitrogens with zero attached hydrogens (tertiary/aromatic N) is 1. The van der Waals surface area contributed by atoms with Gasteiger partial charge in [0, 0.05) is 10.0 Å². The molecule has 0 atom stereocenters. The third-order valence-corrected chi connectivity index (χ3v) is 3.76. The van der Waals surface area contributed by atoms with E-state index < -0.39 is 0 Å². The highest BCUT2D eigenvalue weighted by Gasteiger charge is 2.11. The highest BCUT2D eigenvalue weighted by molar-refractivity contribution is 9.10. The first-order chi connectivity index (χ1) is 10.2. The molecular formula is C16H14BrNO3. The average molecular weight is 348 g/mol. The van der Waals surface area contributed by atoms with Crippen molar-refractivity contribution in [3.05, 3.63) is 57.6 Å². The molecule has 2 aromatic carbocycles. The first-order valence-electron chi connectivity index (χ1n) is 6.27. The Morgan fingerprint density at radius 3 is 2.62 bits per heavy atom. The SMILES string of the molecule is COc1cc(CO)c(Br)cc1OCc1ccccc1C#N. The minimum atomic E-state index is -0.0888. The van der Waals surface area contributed by atoms with Gasteiger partial charge in [-0.3, -0.25) is 0 Å². The number of hydrogen-bond acceptors (Lipinski definition) is 4. The van der Waals surface area contributed by atoms with E-state index in [1.807, 2.05) is 18.2 Å². The molecule has 0 saturated heterocycles. The van der Waals surface area contributed by atoms with Crippen molar-refractivity contribution >= 4 is 15.9 Å². The number of ether oxygens (including phenoxy) is 2. The zero-order valence-electron chi connectivity index (χ0n) is 11.5. The van der Waals surface area contributed by atoms with Crippen LogP contribution in [0.4, 0.5) is 0 Å². The van der Waals surface area contributed by atoms with Crippen LogP contribution < -0.4 is 9.47 Å². The predicted octanol–water partition coefficient (Wildman–Crippen LogP) is 3.40. The quantitative estimate of drug-likeness (QED) is 0.900. The van der Waals surface area contributed by atoms with E-state index >= 15 is 0 Å². The summed E-state index contributed by atoms with van der Waals surface area (Å²) in [7, 11) is 1.54. The molecule has 0 amide bonds. The smallest absolute Gasteiger partial charge is 0.162 e. The van der Waals surface area contributed by atoms with E-state index in [2.05, 4.69) is 22.0 Å². The molecule has 0 aromatic heterocycles. The molecule has 0 unspecified atom stereocenters. The third-order valence-electron chi connectivity index (χ3n) is 3.02. The van der Waals surface area contributed by atoms with Gasteiger partial charge in [-0.25, -0.2) is 0 Å². The van der Waals surface area contributed by atoms with Gasteiger partial charge < -0.3 is 14.6 Å². The van der Waals surface area contributed by atoms with Gasteiger partial charge in [0.25, 0.3) is 0 Å². The second-order valence-electron chi connectivity index (χ2n) is 4.31. The Morgan fingerprint density at radius 1 is 1.19 bits per heavy atom. The van der Waals surface area contributed by atoms with Crippen molar-refractivity contribution in [2.75, 3.05) is 7.11 Å². The Bertz CT molecular complexity index is 680. The van der Waals surface area contributed by atoms with E-state index in [1.54, 1.807) is 25.3 Å². The molecule has 0 radical (unpaired) electrons. The lowest BCUT2D eigenvalue weighted by Crippen LogP contribution is -2.01. The average Bonchev–Trinajstić information content (AvgIpc) is 2.53. The Labute approximate surface area is 131 Å². The van der Waals surface area contributed by atoms with Crippen LogP contribution in [-0.4, -0.2) is 12.2 Å². The van der Waals surface area contributed by atoms with Gasteiger partial charge in [0.2, 0.25) is 0 Å². The van der Waals surface area contributed by atoms with E-state index in [0.717, 1.165) is 15.6 Å². The largest absolute Gasteiger partial charge is 0.493 e. The van der Waals surface area contributed by atoms with Crippen LogP contribution in [-0.2, 0) is 13.2 Å². The Balaban J connectivity index is 2.24. The number of benzene rings is 2. The molecular weight excluding hydrogens is 334 g/mol. The molecule has 21 heavy (non-hydrogen) atoms. The molecule has 2 rings (SSSR count). The number of rotatable bonds is 5. The van der Waals surface area contributed by atoms with Gasteiger partial charge in [-0.2, -0.15) is 5.26 Å². The van der Waals surface area contributed by atoms with Crippen LogP contribution in [0, 0.1) is 11.3 Å². The van der Waals surface area contributed by atoms with Crippen molar-refractivity contribution in [1.82, 2.24) is 0 Å². The first-order valence-corrected chi connectivity index (χ1v) is 7.07. The Hall–Kier alpha value is -2.03. The molecule has 1 N–H and O–H groups in total. The molecule has 0 aliphatic carbocycles. The van der Waals surface area contributed by atoms with Crippen LogP contribution in [0.2, 0.25) is 0 Å². The molecule has 0 aliphatic heterocycles. The van der Waals surface area contributed by atoms with Crippen molar-refractivity contribution in [3.63, 3.8) is 0 Å². The lowest BCUT2D eigenvalue weighted by molar-refractivity contribution is 0.273. The first kappa shape index (κ1) is 15.4. The minimum absolute atomic E-state index is 0.0888. The summed E-state index contributed by atoms with van der Waals surface area (Å²) in [6, 6.07) is 12.9. The number of aliphatic hydroxyl groups excluding tert-OH is 1. The van der Waals surface area contributed by atoms with E-state index in [1.165, 1.54) is 0 Å². The van der Waals surface area contributed by atoms with Gasteiger partial charge in [-0.1, -0.05) is 34.1 Å². The maximum atomic E-state index is 9.24. The molecule has 2 aromatic rings. The maximum Gasteiger partial charge on any atom is 0.162 e. The number of aliphatic hydroxyl groups is 1. The molecule has 5 heteroatoms. The summed E-state index contributed by atoms with van der Waals surface area (Å²) in [6.07, 6.45) is 0. The predicted molar refractivity (Wildman–Crippen MR) is 82.1 cm³/mol. The zero-order valence-corrected chi connectivity index (χ0v) is 13.1. The number of hydrogen-bond donors (Lipinski definition) is 1. The summed E-state index contributed by atoms with van der Waals surface area (Å²) in [6.45, 7) is 0.180. The topological polar surface area (TPSA) is 62.5 Å². The van der Waals surface area contributed by atoms with Gasteiger partial charge >= 0.3 is 0 Å². The van der Waals surface area contributed by atoms with Crippen LogP contribution >= 0.6 is 15.9 Å².